The van der Waals surface area contributed by atoms with Gasteiger partial charge in [-0.05, 0) is 26.7 Å². The molecule has 2 aliphatic rings. The van der Waals surface area contributed by atoms with Gasteiger partial charge in [0, 0.05) is 19.0 Å². The second kappa shape index (κ2) is 6.44. The first-order chi connectivity index (χ1) is 11.3. The van der Waals surface area contributed by atoms with Crippen molar-refractivity contribution in [1.82, 2.24) is 19.9 Å². The van der Waals surface area contributed by atoms with Crippen molar-refractivity contribution in [2.45, 2.75) is 76.0 Å². The number of carbonyl (C=O) groups excluding carboxylic acids is 1. The van der Waals surface area contributed by atoms with Gasteiger partial charge >= 0.3 is 0 Å². The van der Waals surface area contributed by atoms with Crippen LogP contribution in [0.15, 0.2) is 6.20 Å². The zero-order valence-corrected chi connectivity index (χ0v) is 14.6. The van der Waals surface area contributed by atoms with E-state index in [0.717, 1.165) is 19.3 Å². The van der Waals surface area contributed by atoms with Crippen LogP contribution in [0.1, 0.15) is 70.5 Å². The van der Waals surface area contributed by atoms with Crippen molar-refractivity contribution in [2.75, 3.05) is 13.1 Å². The maximum absolute atomic E-state index is 12.6. The molecule has 3 rings (SSSR count). The lowest BCUT2D eigenvalue weighted by Crippen LogP contribution is -2.41. The highest BCUT2D eigenvalue weighted by Crippen LogP contribution is 2.34. The predicted octanol–water partition coefficient (Wildman–Crippen LogP) is 1.36. The fourth-order valence-electron chi connectivity index (χ4n) is 3.74. The van der Waals surface area contributed by atoms with Crippen molar-refractivity contribution in [3.05, 3.63) is 11.9 Å². The number of aliphatic hydroxyl groups is 2. The molecule has 1 atom stereocenters. The van der Waals surface area contributed by atoms with Gasteiger partial charge < -0.3 is 15.1 Å². The topological polar surface area (TPSA) is 91.5 Å². The van der Waals surface area contributed by atoms with Gasteiger partial charge in [0.15, 0.2) is 0 Å². The Morgan fingerprint density at radius 2 is 1.96 bits per heavy atom. The van der Waals surface area contributed by atoms with Gasteiger partial charge in [-0.25, -0.2) is 4.68 Å². The molecule has 1 aliphatic carbocycles. The number of likely N-dealkylation sites (tertiary alicyclic amines) is 1. The first kappa shape index (κ1) is 17.4. The van der Waals surface area contributed by atoms with E-state index in [4.69, 9.17) is 0 Å². The SMILES string of the molecule is CC(C)n1cc(C2(O)CCN(C(=O)CC3(O)CCCCC3)C2)nn1. The van der Waals surface area contributed by atoms with Crippen LogP contribution in [0.3, 0.4) is 0 Å². The lowest BCUT2D eigenvalue weighted by atomic mass is 9.82. The van der Waals surface area contributed by atoms with Crippen LogP contribution in [0.25, 0.3) is 0 Å². The molecule has 1 amide bonds. The van der Waals surface area contributed by atoms with Crippen LogP contribution in [0.5, 0.6) is 0 Å². The van der Waals surface area contributed by atoms with Crippen molar-refractivity contribution in [1.29, 1.82) is 0 Å². The molecule has 2 N–H and O–H groups in total. The molecular formula is C17H28N4O3. The van der Waals surface area contributed by atoms with Gasteiger partial charge in [-0.3, -0.25) is 4.79 Å². The Balaban J connectivity index is 1.64. The maximum Gasteiger partial charge on any atom is 0.225 e. The molecule has 1 aliphatic heterocycles. The molecule has 0 bridgehead atoms. The van der Waals surface area contributed by atoms with Gasteiger partial charge in [-0.1, -0.05) is 24.5 Å². The summed E-state index contributed by atoms with van der Waals surface area (Å²) in [6.45, 7) is 4.70. The fraction of sp³-hybridized carbons (Fsp3) is 0.824. The highest BCUT2D eigenvalue weighted by molar-refractivity contribution is 5.77. The molecule has 1 saturated heterocycles. The first-order valence-electron chi connectivity index (χ1n) is 8.96. The number of nitrogens with zero attached hydrogens (tertiary/aromatic N) is 4. The summed E-state index contributed by atoms with van der Waals surface area (Å²) in [6, 6.07) is 0.175. The summed E-state index contributed by atoms with van der Waals surface area (Å²) >= 11 is 0. The Morgan fingerprint density at radius 1 is 1.25 bits per heavy atom. The average Bonchev–Trinajstić information content (AvgIpc) is 3.15. The minimum atomic E-state index is -1.14. The molecule has 1 aromatic rings. The van der Waals surface area contributed by atoms with Crippen LogP contribution in [0.2, 0.25) is 0 Å². The molecule has 2 fully saturated rings. The van der Waals surface area contributed by atoms with Gasteiger partial charge in [0.2, 0.25) is 5.91 Å². The smallest absolute Gasteiger partial charge is 0.225 e. The Bertz CT molecular complexity index is 594. The standard InChI is InChI=1S/C17H28N4O3/c1-13(2)21-11-14(18-19-21)17(24)8-9-20(12-17)15(22)10-16(23)6-4-3-5-7-16/h11,13,23-24H,3-10,12H2,1-2H3. The highest BCUT2D eigenvalue weighted by Gasteiger charge is 2.43. The van der Waals surface area contributed by atoms with Crippen LogP contribution in [0.4, 0.5) is 0 Å². The lowest BCUT2D eigenvalue weighted by molar-refractivity contribution is -0.137. The Labute approximate surface area is 142 Å². The normalized spacial score (nSPS) is 27.0. The van der Waals surface area contributed by atoms with Crippen LogP contribution < -0.4 is 0 Å². The van der Waals surface area contributed by atoms with Crippen molar-refractivity contribution in [2.24, 2.45) is 0 Å². The second-order valence-electron chi connectivity index (χ2n) is 7.74. The van der Waals surface area contributed by atoms with E-state index in [1.807, 2.05) is 13.8 Å². The number of hydrogen-bond acceptors (Lipinski definition) is 5. The van der Waals surface area contributed by atoms with E-state index in [-0.39, 0.29) is 24.9 Å². The number of amides is 1. The first-order valence-corrected chi connectivity index (χ1v) is 8.96. The molecule has 1 aromatic heterocycles. The molecule has 1 unspecified atom stereocenters. The van der Waals surface area contributed by atoms with Crippen molar-refractivity contribution in [3.8, 4) is 0 Å². The third kappa shape index (κ3) is 3.47. The molecule has 0 aromatic carbocycles. The molecule has 24 heavy (non-hydrogen) atoms. The third-order valence-corrected chi connectivity index (χ3v) is 5.38. The molecule has 7 heteroatoms. The summed E-state index contributed by atoms with van der Waals surface area (Å²) in [5.41, 5.74) is -1.49. The third-order valence-electron chi connectivity index (χ3n) is 5.38. The number of rotatable bonds is 4. The van der Waals surface area contributed by atoms with Crippen molar-refractivity contribution < 1.29 is 15.0 Å². The number of hydrogen-bond donors (Lipinski definition) is 2. The molecule has 7 nitrogen and oxygen atoms in total. The summed E-state index contributed by atoms with van der Waals surface area (Å²) in [5, 5.41) is 29.6. The minimum Gasteiger partial charge on any atom is -0.389 e. The number of carbonyl (C=O) groups is 1. The largest absolute Gasteiger partial charge is 0.389 e. The van der Waals surface area contributed by atoms with E-state index in [0.29, 0.717) is 31.5 Å². The Kier molecular flexibility index (Phi) is 4.66. The van der Waals surface area contributed by atoms with Gasteiger partial charge in [0.05, 0.1) is 24.8 Å². The van der Waals surface area contributed by atoms with E-state index < -0.39 is 11.2 Å². The Morgan fingerprint density at radius 3 is 2.58 bits per heavy atom. The van der Waals surface area contributed by atoms with Crippen LogP contribution >= 0.6 is 0 Å². The average molecular weight is 336 g/mol. The summed E-state index contributed by atoms with van der Waals surface area (Å²) in [4.78, 5) is 14.2. The zero-order valence-electron chi connectivity index (χ0n) is 14.6. The highest BCUT2D eigenvalue weighted by atomic mass is 16.3. The zero-order chi connectivity index (χ0) is 17.4. The van der Waals surface area contributed by atoms with Crippen molar-refractivity contribution >= 4 is 5.91 Å². The minimum absolute atomic E-state index is 0.0772. The van der Waals surface area contributed by atoms with E-state index in [1.54, 1.807) is 15.8 Å². The Hall–Kier alpha value is -1.47. The number of aromatic nitrogens is 3. The molecule has 0 spiro atoms. The van der Waals surface area contributed by atoms with Crippen LogP contribution in [-0.2, 0) is 10.4 Å². The summed E-state index contributed by atoms with van der Waals surface area (Å²) < 4.78 is 1.71. The maximum atomic E-state index is 12.6. The molecule has 134 valence electrons. The summed E-state index contributed by atoms with van der Waals surface area (Å²) in [7, 11) is 0. The summed E-state index contributed by atoms with van der Waals surface area (Å²) in [5.74, 6) is -0.0772. The molecular weight excluding hydrogens is 308 g/mol. The van der Waals surface area contributed by atoms with E-state index in [1.165, 1.54) is 0 Å². The molecule has 0 radical (unpaired) electrons. The van der Waals surface area contributed by atoms with Crippen LogP contribution in [0, 0.1) is 0 Å². The van der Waals surface area contributed by atoms with Gasteiger partial charge in [-0.15, -0.1) is 5.10 Å². The van der Waals surface area contributed by atoms with E-state index in [9.17, 15) is 15.0 Å². The summed E-state index contributed by atoms with van der Waals surface area (Å²) in [6.07, 6.45) is 6.84. The quantitative estimate of drug-likeness (QED) is 0.866. The van der Waals surface area contributed by atoms with E-state index >= 15 is 0 Å². The van der Waals surface area contributed by atoms with Crippen LogP contribution in [-0.4, -0.2) is 54.7 Å². The van der Waals surface area contributed by atoms with Crippen molar-refractivity contribution in [3.63, 3.8) is 0 Å². The van der Waals surface area contributed by atoms with Gasteiger partial charge in [0.25, 0.3) is 0 Å². The monoisotopic (exact) mass is 336 g/mol. The molecule has 1 saturated carbocycles. The fourth-order valence-corrected chi connectivity index (χ4v) is 3.74. The molecule has 2 heterocycles. The van der Waals surface area contributed by atoms with Gasteiger partial charge in [-0.2, -0.15) is 0 Å². The predicted molar refractivity (Wildman–Crippen MR) is 88.2 cm³/mol. The van der Waals surface area contributed by atoms with Gasteiger partial charge in [0.1, 0.15) is 11.3 Å². The number of β-amino-alcohol motifs (C(OH)–C–C–N with tert-alkyl or cyclic N) is 1. The second-order valence-corrected chi connectivity index (χ2v) is 7.74. The van der Waals surface area contributed by atoms with E-state index in [2.05, 4.69) is 10.3 Å². The lowest BCUT2D eigenvalue weighted by Gasteiger charge is -2.33.